The first kappa shape index (κ1) is 13.6. The second-order valence-electron chi connectivity index (χ2n) is 3.67. The summed E-state index contributed by atoms with van der Waals surface area (Å²) in [4.78, 5) is 7.88. The minimum atomic E-state index is 0.0450. The van der Waals surface area contributed by atoms with Gasteiger partial charge in [0.05, 0.1) is 20.2 Å². The Bertz CT molecular complexity index is 422. The van der Waals surface area contributed by atoms with Gasteiger partial charge in [-0.05, 0) is 23.3 Å². The molecular formula is C11H18N6O. The Hall–Kier alpha value is -2.44. The van der Waals surface area contributed by atoms with Gasteiger partial charge in [-0.15, -0.1) is 0 Å². The molecule has 0 aromatic heterocycles. The monoisotopic (exact) mass is 250 g/mol. The Kier molecular flexibility index (Phi) is 4.79. The van der Waals surface area contributed by atoms with Gasteiger partial charge in [-0.25, -0.2) is 9.98 Å². The predicted octanol–water partition coefficient (Wildman–Crippen LogP) is -0.758. The number of nitrogens with zero attached hydrogens (tertiary/aromatic N) is 2. The molecule has 0 atom stereocenters. The van der Waals surface area contributed by atoms with Crippen molar-refractivity contribution in [2.75, 3.05) is 7.11 Å². The summed E-state index contributed by atoms with van der Waals surface area (Å²) >= 11 is 0. The van der Waals surface area contributed by atoms with Crippen LogP contribution in [0, 0.1) is 0 Å². The maximum atomic E-state index is 5.29. The molecule has 7 heteroatoms. The number of aliphatic imine (C=N–C) groups is 2. The molecule has 18 heavy (non-hydrogen) atoms. The van der Waals surface area contributed by atoms with Crippen LogP contribution in [0.15, 0.2) is 28.2 Å². The first-order valence-corrected chi connectivity index (χ1v) is 5.29. The molecule has 0 aliphatic rings. The molecule has 0 saturated heterocycles. The quantitative estimate of drug-likeness (QED) is 0.402. The van der Waals surface area contributed by atoms with E-state index in [0.29, 0.717) is 18.8 Å². The zero-order chi connectivity index (χ0) is 13.5. The molecule has 1 rings (SSSR count). The van der Waals surface area contributed by atoms with E-state index in [1.54, 1.807) is 7.11 Å². The van der Waals surface area contributed by atoms with Crippen molar-refractivity contribution >= 4 is 11.9 Å². The summed E-state index contributed by atoms with van der Waals surface area (Å²) < 4.78 is 5.19. The fraction of sp³-hybridized carbons (Fsp3) is 0.273. The van der Waals surface area contributed by atoms with Gasteiger partial charge < -0.3 is 27.7 Å². The summed E-state index contributed by atoms with van der Waals surface area (Å²) in [5.74, 6) is 0.797. The van der Waals surface area contributed by atoms with E-state index in [4.69, 9.17) is 27.7 Å². The average molecular weight is 250 g/mol. The van der Waals surface area contributed by atoms with E-state index in [9.17, 15) is 0 Å². The van der Waals surface area contributed by atoms with Crippen LogP contribution >= 0.6 is 0 Å². The van der Waals surface area contributed by atoms with Gasteiger partial charge in [0.2, 0.25) is 0 Å². The van der Waals surface area contributed by atoms with Gasteiger partial charge in [0.1, 0.15) is 5.75 Å². The van der Waals surface area contributed by atoms with Crippen LogP contribution in [-0.4, -0.2) is 19.0 Å². The fourth-order valence-corrected chi connectivity index (χ4v) is 1.39. The Morgan fingerprint density at radius 2 is 1.39 bits per heavy atom. The summed E-state index contributed by atoms with van der Waals surface area (Å²) in [6.07, 6.45) is 0. The van der Waals surface area contributed by atoms with Crippen LogP contribution in [0.4, 0.5) is 0 Å². The number of hydrogen-bond donors (Lipinski definition) is 4. The average Bonchev–Trinajstić information content (AvgIpc) is 2.33. The lowest BCUT2D eigenvalue weighted by atomic mass is 10.1. The van der Waals surface area contributed by atoms with Crippen molar-refractivity contribution < 1.29 is 4.74 Å². The molecule has 0 amide bonds. The highest BCUT2D eigenvalue weighted by atomic mass is 16.5. The molecule has 0 unspecified atom stereocenters. The molecule has 8 N–H and O–H groups in total. The second-order valence-corrected chi connectivity index (χ2v) is 3.67. The van der Waals surface area contributed by atoms with Crippen LogP contribution in [0.25, 0.3) is 0 Å². The fourth-order valence-electron chi connectivity index (χ4n) is 1.39. The van der Waals surface area contributed by atoms with Crippen LogP contribution < -0.4 is 27.7 Å². The minimum Gasteiger partial charge on any atom is -0.497 e. The molecule has 0 bridgehead atoms. The van der Waals surface area contributed by atoms with Crippen LogP contribution in [-0.2, 0) is 13.1 Å². The molecule has 0 saturated carbocycles. The van der Waals surface area contributed by atoms with Gasteiger partial charge in [-0.3, -0.25) is 0 Å². The molecule has 0 fully saturated rings. The smallest absolute Gasteiger partial charge is 0.186 e. The summed E-state index contributed by atoms with van der Waals surface area (Å²) in [6, 6.07) is 5.62. The van der Waals surface area contributed by atoms with E-state index in [2.05, 4.69) is 9.98 Å². The third-order valence-electron chi connectivity index (χ3n) is 2.15. The van der Waals surface area contributed by atoms with Gasteiger partial charge in [0.25, 0.3) is 0 Å². The SMILES string of the molecule is COc1cc(CN=C(N)N)cc(CN=C(N)N)c1. The van der Waals surface area contributed by atoms with Crippen molar-refractivity contribution in [2.24, 2.45) is 32.9 Å². The maximum Gasteiger partial charge on any atom is 0.186 e. The number of ether oxygens (including phenoxy) is 1. The molecular weight excluding hydrogens is 232 g/mol. The maximum absolute atomic E-state index is 5.29. The zero-order valence-electron chi connectivity index (χ0n) is 10.3. The third kappa shape index (κ3) is 4.60. The van der Waals surface area contributed by atoms with Crippen molar-refractivity contribution in [2.45, 2.75) is 13.1 Å². The third-order valence-corrected chi connectivity index (χ3v) is 2.15. The van der Waals surface area contributed by atoms with E-state index in [0.717, 1.165) is 11.1 Å². The van der Waals surface area contributed by atoms with Gasteiger partial charge in [-0.1, -0.05) is 6.07 Å². The highest BCUT2D eigenvalue weighted by Crippen LogP contribution is 2.18. The highest BCUT2D eigenvalue weighted by Gasteiger charge is 2.01. The number of rotatable bonds is 5. The van der Waals surface area contributed by atoms with Crippen molar-refractivity contribution in [3.63, 3.8) is 0 Å². The van der Waals surface area contributed by atoms with E-state index < -0.39 is 0 Å². The molecule has 1 aromatic carbocycles. The molecule has 98 valence electrons. The lowest BCUT2D eigenvalue weighted by molar-refractivity contribution is 0.413. The summed E-state index contributed by atoms with van der Waals surface area (Å²) in [5, 5.41) is 0. The van der Waals surface area contributed by atoms with E-state index in [1.807, 2.05) is 18.2 Å². The van der Waals surface area contributed by atoms with Gasteiger partial charge in [0.15, 0.2) is 11.9 Å². The molecule has 0 radical (unpaired) electrons. The van der Waals surface area contributed by atoms with Gasteiger partial charge in [0, 0.05) is 0 Å². The Morgan fingerprint density at radius 3 is 1.72 bits per heavy atom. The largest absolute Gasteiger partial charge is 0.497 e. The normalized spacial score (nSPS) is 9.61. The Labute approximate surface area is 106 Å². The Balaban J connectivity index is 2.94. The summed E-state index contributed by atoms with van der Waals surface area (Å²) in [5.41, 5.74) is 23.0. The molecule has 0 aliphatic heterocycles. The highest BCUT2D eigenvalue weighted by molar-refractivity contribution is 5.76. The molecule has 0 heterocycles. The molecule has 0 aliphatic carbocycles. The summed E-state index contributed by atoms with van der Waals surface area (Å²) in [6.45, 7) is 0.767. The number of nitrogens with two attached hydrogens (primary N) is 4. The van der Waals surface area contributed by atoms with Crippen LogP contribution in [0.1, 0.15) is 11.1 Å². The summed E-state index contributed by atoms with van der Waals surface area (Å²) in [7, 11) is 1.59. The van der Waals surface area contributed by atoms with Crippen molar-refractivity contribution in [3.05, 3.63) is 29.3 Å². The second kappa shape index (κ2) is 6.33. The first-order chi connectivity index (χ1) is 8.51. The number of methoxy groups -OCH3 is 1. The number of hydrogen-bond acceptors (Lipinski definition) is 3. The van der Waals surface area contributed by atoms with Crippen molar-refractivity contribution in [1.82, 2.24) is 0 Å². The van der Waals surface area contributed by atoms with E-state index in [1.165, 1.54) is 0 Å². The molecule has 0 spiro atoms. The zero-order valence-corrected chi connectivity index (χ0v) is 10.3. The Morgan fingerprint density at radius 1 is 0.944 bits per heavy atom. The van der Waals surface area contributed by atoms with Crippen LogP contribution in [0.5, 0.6) is 5.75 Å². The van der Waals surface area contributed by atoms with E-state index in [-0.39, 0.29) is 11.9 Å². The van der Waals surface area contributed by atoms with Crippen molar-refractivity contribution in [3.8, 4) is 5.75 Å². The molecule has 7 nitrogen and oxygen atoms in total. The standard InChI is InChI=1S/C11H18N6O/c1-18-9-3-7(5-16-10(12)13)2-8(4-9)6-17-11(14)15/h2-4H,5-6H2,1H3,(H4,12,13,16)(H4,14,15,17). The lowest BCUT2D eigenvalue weighted by Crippen LogP contribution is -2.22. The van der Waals surface area contributed by atoms with Gasteiger partial charge in [-0.2, -0.15) is 0 Å². The van der Waals surface area contributed by atoms with E-state index >= 15 is 0 Å². The van der Waals surface area contributed by atoms with Crippen LogP contribution in [0.2, 0.25) is 0 Å². The van der Waals surface area contributed by atoms with Gasteiger partial charge >= 0.3 is 0 Å². The lowest BCUT2D eigenvalue weighted by Gasteiger charge is -2.06. The first-order valence-electron chi connectivity index (χ1n) is 5.29. The topological polar surface area (TPSA) is 138 Å². The van der Waals surface area contributed by atoms with Crippen LogP contribution in [0.3, 0.4) is 0 Å². The minimum absolute atomic E-state index is 0.0450. The molecule has 1 aromatic rings. The predicted molar refractivity (Wildman–Crippen MR) is 72.0 cm³/mol. The number of guanidine groups is 2. The number of benzene rings is 1. The van der Waals surface area contributed by atoms with Crippen molar-refractivity contribution in [1.29, 1.82) is 0 Å².